The largest absolute Gasteiger partial charge is 0.366 e. The van der Waals surface area contributed by atoms with Crippen molar-refractivity contribution in [2.24, 2.45) is 5.73 Å². The van der Waals surface area contributed by atoms with Gasteiger partial charge in [0, 0.05) is 18.0 Å². The van der Waals surface area contributed by atoms with Crippen LogP contribution >= 0.6 is 0 Å². The van der Waals surface area contributed by atoms with Crippen LogP contribution < -0.4 is 11.1 Å². The molecule has 0 atom stereocenters. The molecule has 2 aromatic heterocycles. The fourth-order valence-electron chi connectivity index (χ4n) is 2.10. The molecular weight excluding hydrogens is 294 g/mol. The van der Waals surface area contributed by atoms with Crippen molar-refractivity contribution in [2.75, 3.05) is 5.32 Å². The van der Waals surface area contributed by atoms with Crippen LogP contribution in [0.15, 0.2) is 54.9 Å². The Hall–Kier alpha value is -3.48. The molecule has 4 N–H and O–H groups in total. The van der Waals surface area contributed by atoms with Crippen molar-refractivity contribution in [1.29, 1.82) is 0 Å². The Kier molecular flexibility index (Phi) is 3.84. The second kappa shape index (κ2) is 6.10. The Morgan fingerprint density at radius 1 is 1.13 bits per heavy atom. The molecule has 0 saturated carbocycles. The van der Waals surface area contributed by atoms with Gasteiger partial charge in [0.05, 0.1) is 16.9 Å². The van der Waals surface area contributed by atoms with E-state index in [0.29, 0.717) is 11.4 Å². The number of para-hydroxylation sites is 1. The van der Waals surface area contributed by atoms with Gasteiger partial charge in [-0.05, 0) is 30.3 Å². The van der Waals surface area contributed by atoms with Crippen molar-refractivity contribution in [1.82, 2.24) is 15.2 Å². The summed E-state index contributed by atoms with van der Waals surface area (Å²) in [5, 5.41) is 9.40. The highest BCUT2D eigenvalue weighted by Gasteiger charge is 2.14. The summed E-state index contributed by atoms with van der Waals surface area (Å²) in [6, 6.07) is 11.8. The van der Waals surface area contributed by atoms with Crippen LogP contribution in [0.3, 0.4) is 0 Å². The lowest BCUT2D eigenvalue weighted by molar-refractivity contribution is 0.100. The highest BCUT2D eigenvalue weighted by Crippen LogP contribution is 2.18. The Morgan fingerprint density at radius 2 is 1.96 bits per heavy atom. The summed E-state index contributed by atoms with van der Waals surface area (Å²) in [7, 11) is 0. The summed E-state index contributed by atoms with van der Waals surface area (Å²) >= 11 is 0. The van der Waals surface area contributed by atoms with Gasteiger partial charge < -0.3 is 11.1 Å². The zero-order valence-corrected chi connectivity index (χ0v) is 12.0. The van der Waals surface area contributed by atoms with Gasteiger partial charge >= 0.3 is 0 Å². The number of amides is 2. The maximum absolute atomic E-state index is 12.3. The normalized spacial score (nSPS) is 10.3. The number of aromatic amines is 1. The molecular formula is C16H13N5O2. The first-order valence-electron chi connectivity index (χ1n) is 6.81. The molecule has 7 heteroatoms. The van der Waals surface area contributed by atoms with E-state index in [-0.39, 0.29) is 11.3 Å². The second-order valence-electron chi connectivity index (χ2n) is 4.77. The molecule has 7 nitrogen and oxygen atoms in total. The first-order chi connectivity index (χ1) is 11.1. The predicted molar refractivity (Wildman–Crippen MR) is 84.7 cm³/mol. The zero-order valence-electron chi connectivity index (χ0n) is 12.0. The fraction of sp³-hybridized carbons (Fsp3) is 0. The smallest absolute Gasteiger partial charge is 0.273 e. The molecule has 0 unspecified atom stereocenters. The van der Waals surface area contributed by atoms with Crippen LogP contribution in [0.4, 0.5) is 5.69 Å². The number of carbonyl (C=O) groups is 2. The lowest BCUT2D eigenvalue weighted by Crippen LogP contribution is -2.18. The number of rotatable bonds is 4. The molecule has 0 spiro atoms. The molecule has 2 heterocycles. The van der Waals surface area contributed by atoms with E-state index in [2.05, 4.69) is 20.5 Å². The van der Waals surface area contributed by atoms with E-state index in [4.69, 9.17) is 5.73 Å². The standard InChI is InChI=1S/C16H13N5O2/c17-15(22)11-5-1-2-6-12(11)19-16(23)14-8-13(20-21-14)10-4-3-7-18-9-10/h1-9H,(H2,17,22)(H,19,23)(H,20,21). The van der Waals surface area contributed by atoms with Crippen molar-refractivity contribution < 1.29 is 9.59 Å². The first-order valence-corrected chi connectivity index (χ1v) is 6.81. The summed E-state index contributed by atoms with van der Waals surface area (Å²) in [4.78, 5) is 27.7. The third kappa shape index (κ3) is 3.08. The Balaban J connectivity index is 1.83. The van der Waals surface area contributed by atoms with E-state index in [1.165, 1.54) is 0 Å². The van der Waals surface area contributed by atoms with Gasteiger partial charge in [0.15, 0.2) is 0 Å². The third-order valence-electron chi connectivity index (χ3n) is 3.22. The molecule has 0 aliphatic rings. The Morgan fingerprint density at radius 3 is 2.70 bits per heavy atom. The van der Waals surface area contributed by atoms with Gasteiger partial charge in [-0.1, -0.05) is 12.1 Å². The predicted octanol–water partition coefficient (Wildman–Crippen LogP) is 1.82. The minimum Gasteiger partial charge on any atom is -0.366 e. The molecule has 0 saturated heterocycles. The maximum Gasteiger partial charge on any atom is 0.273 e. The first kappa shape index (κ1) is 14.5. The van der Waals surface area contributed by atoms with Gasteiger partial charge in [-0.15, -0.1) is 0 Å². The number of pyridine rings is 1. The lowest BCUT2D eigenvalue weighted by atomic mass is 10.1. The number of anilines is 1. The minimum absolute atomic E-state index is 0.243. The van der Waals surface area contributed by atoms with E-state index in [0.717, 1.165) is 5.56 Å². The average Bonchev–Trinajstić information content (AvgIpc) is 3.06. The van der Waals surface area contributed by atoms with E-state index in [1.807, 2.05) is 6.07 Å². The zero-order chi connectivity index (χ0) is 16.2. The van der Waals surface area contributed by atoms with Gasteiger partial charge in [-0.25, -0.2) is 0 Å². The third-order valence-corrected chi connectivity index (χ3v) is 3.22. The van der Waals surface area contributed by atoms with Crippen LogP contribution in [0.2, 0.25) is 0 Å². The van der Waals surface area contributed by atoms with Crippen molar-refractivity contribution in [2.45, 2.75) is 0 Å². The average molecular weight is 307 g/mol. The molecule has 3 aromatic rings. The van der Waals surface area contributed by atoms with Crippen LogP contribution in [-0.2, 0) is 0 Å². The summed E-state index contributed by atoms with van der Waals surface area (Å²) in [5.41, 5.74) is 7.55. The van der Waals surface area contributed by atoms with Crippen molar-refractivity contribution in [3.05, 3.63) is 66.1 Å². The van der Waals surface area contributed by atoms with Crippen molar-refractivity contribution >= 4 is 17.5 Å². The molecule has 0 aliphatic carbocycles. The molecule has 1 aromatic carbocycles. The van der Waals surface area contributed by atoms with Crippen molar-refractivity contribution in [3.8, 4) is 11.3 Å². The van der Waals surface area contributed by atoms with Gasteiger partial charge in [-0.3, -0.25) is 19.7 Å². The summed E-state index contributed by atoms with van der Waals surface area (Å²) in [6.45, 7) is 0. The number of hydrogen-bond donors (Lipinski definition) is 3. The van der Waals surface area contributed by atoms with Crippen LogP contribution in [0.25, 0.3) is 11.3 Å². The van der Waals surface area contributed by atoms with Crippen molar-refractivity contribution in [3.63, 3.8) is 0 Å². The van der Waals surface area contributed by atoms with Crippen LogP contribution in [-0.4, -0.2) is 27.0 Å². The fourth-order valence-corrected chi connectivity index (χ4v) is 2.10. The van der Waals surface area contributed by atoms with Crippen LogP contribution in [0.5, 0.6) is 0 Å². The Bertz CT molecular complexity index is 858. The number of nitrogens with zero attached hydrogens (tertiary/aromatic N) is 2. The SMILES string of the molecule is NC(=O)c1ccccc1NC(=O)c1cc(-c2cccnc2)n[nH]1. The van der Waals surface area contributed by atoms with E-state index >= 15 is 0 Å². The number of nitrogens with two attached hydrogens (primary N) is 1. The molecule has 114 valence electrons. The number of nitrogens with one attached hydrogen (secondary N) is 2. The van der Waals surface area contributed by atoms with E-state index in [9.17, 15) is 9.59 Å². The van der Waals surface area contributed by atoms with Crippen LogP contribution in [0.1, 0.15) is 20.8 Å². The number of carbonyl (C=O) groups excluding carboxylic acids is 2. The quantitative estimate of drug-likeness (QED) is 0.682. The number of primary amides is 1. The number of H-pyrrole nitrogens is 1. The molecule has 0 aliphatic heterocycles. The van der Waals surface area contributed by atoms with Crippen LogP contribution in [0, 0.1) is 0 Å². The molecule has 0 bridgehead atoms. The topological polar surface area (TPSA) is 114 Å². The lowest BCUT2D eigenvalue weighted by Gasteiger charge is -2.07. The molecule has 2 amide bonds. The van der Waals surface area contributed by atoms with E-state index in [1.54, 1.807) is 48.8 Å². The Labute approximate surface area is 131 Å². The summed E-state index contributed by atoms with van der Waals surface area (Å²) in [5.74, 6) is -1.03. The molecule has 0 radical (unpaired) electrons. The maximum atomic E-state index is 12.3. The van der Waals surface area contributed by atoms with Gasteiger partial charge in [0.2, 0.25) is 0 Å². The molecule has 3 rings (SSSR count). The highest BCUT2D eigenvalue weighted by atomic mass is 16.2. The van der Waals surface area contributed by atoms with Gasteiger partial charge in [-0.2, -0.15) is 5.10 Å². The number of hydrogen-bond acceptors (Lipinski definition) is 4. The highest BCUT2D eigenvalue weighted by molar-refractivity contribution is 6.08. The number of benzene rings is 1. The van der Waals surface area contributed by atoms with Gasteiger partial charge in [0.1, 0.15) is 5.69 Å². The molecule has 0 fully saturated rings. The number of aromatic nitrogens is 3. The second-order valence-corrected chi connectivity index (χ2v) is 4.77. The summed E-state index contributed by atoms with van der Waals surface area (Å²) < 4.78 is 0. The monoisotopic (exact) mass is 307 g/mol. The van der Waals surface area contributed by atoms with E-state index < -0.39 is 11.8 Å². The summed E-state index contributed by atoms with van der Waals surface area (Å²) in [6.07, 6.45) is 3.31. The van der Waals surface area contributed by atoms with Gasteiger partial charge in [0.25, 0.3) is 11.8 Å². The molecule has 23 heavy (non-hydrogen) atoms. The minimum atomic E-state index is -0.610.